The third-order valence-corrected chi connectivity index (χ3v) is 3.30. The second-order valence-electron chi connectivity index (χ2n) is 3.28. The number of rotatable bonds is 0. The predicted octanol–water partition coefficient (Wildman–Crippen LogP) is 3.84. The number of fused-ring (bicyclic) bond motifs is 3. The number of aromatic nitrogens is 3. The summed E-state index contributed by atoms with van der Waals surface area (Å²) in [5.74, 6) is 0. The zero-order valence-corrected chi connectivity index (χ0v) is 10.1. The zero-order chi connectivity index (χ0) is 11.3. The quantitative estimate of drug-likeness (QED) is 0.622. The third kappa shape index (κ3) is 1.36. The van der Waals surface area contributed by atoms with Gasteiger partial charge in [-0.2, -0.15) is 0 Å². The van der Waals surface area contributed by atoms with E-state index < -0.39 is 0 Å². The van der Waals surface area contributed by atoms with Crippen molar-refractivity contribution in [2.45, 2.75) is 0 Å². The Morgan fingerprint density at radius 3 is 2.62 bits per heavy atom. The van der Waals surface area contributed by atoms with Crippen molar-refractivity contribution in [1.82, 2.24) is 14.4 Å². The lowest BCUT2D eigenvalue weighted by molar-refractivity contribution is 1.21. The maximum absolute atomic E-state index is 6.00. The van der Waals surface area contributed by atoms with Gasteiger partial charge < -0.3 is 0 Å². The summed E-state index contributed by atoms with van der Waals surface area (Å²) in [5, 5.41) is 1.28. The average Bonchev–Trinajstić information content (AvgIpc) is 2.71. The Morgan fingerprint density at radius 1 is 1.06 bits per heavy atom. The van der Waals surface area contributed by atoms with E-state index >= 15 is 0 Å². The van der Waals surface area contributed by atoms with Crippen LogP contribution in [0.5, 0.6) is 0 Å². The van der Waals surface area contributed by atoms with E-state index in [1.165, 1.54) is 0 Å². The Balaban J connectivity index is 2.59. The van der Waals surface area contributed by atoms with E-state index in [0.29, 0.717) is 26.4 Å². The summed E-state index contributed by atoms with van der Waals surface area (Å²) in [7, 11) is 0. The van der Waals surface area contributed by atoms with E-state index in [0.717, 1.165) is 5.52 Å². The number of hydrogen-bond acceptors (Lipinski definition) is 2. The number of halogens is 3. The third-order valence-electron chi connectivity index (χ3n) is 2.32. The van der Waals surface area contributed by atoms with E-state index in [1.54, 1.807) is 24.5 Å². The molecule has 0 unspecified atom stereocenters. The Bertz CT molecular complexity index is 705. The summed E-state index contributed by atoms with van der Waals surface area (Å²) in [5.41, 5.74) is 2.11. The van der Waals surface area contributed by atoms with Gasteiger partial charge in [0.2, 0.25) is 0 Å². The van der Waals surface area contributed by atoms with Gasteiger partial charge in [-0.15, -0.1) is 0 Å². The highest BCUT2D eigenvalue weighted by molar-refractivity contribution is 6.42. The second kappa shape index (κ2) is 3.48. The van der Waals surface area contributed by atoms with Crippen LogP contribution < -0.4 is 0 Å². The molecule has 0 aliphatic heterocycles. The highest BCUT2D eigenvalue weighted by atomic mass is 35.5. The van der Waals surface area contributed by atoms with Crippen molar-refractivity contribution in [2.75, 3.05) is 0 Å². The molecule has 3 nitrogen and oxygen atoms in total. The molecule has 0 N–H and O–H groups in total. The van der Waals surface area contributed by atoms with E-state index in [1.807, 2.05) is 4.40 Å². The molecule has 0 radical (unpaired) electrons. The molecule has 1 aromatic carbocycles. The number of benzene rings is 1. The molecule has 2 aromatic heterocycles. The molecule has 3 aromatic rings. The van der Waals surface area contributed by atoms with Crippen molar-refractivity contribution in [3.63, 3.8) is 0 Å². The summed E-state index contributed by atoms with van der Waals surface area (Å²) in [4.78, 5) is 8.33. The maximum atomic E-state index is 6.00. The van der Waals surface area contributed by atoms with Crippen LogP contribution in [-0.2, 0) is 0 Å². The van der Waals surface area contributed by atoms with Gasteiger partial charge in [0.05, 0.1) is 21.1 Å². The Kier molecular flexibility index (Phi) is 2.21. The standard InChI is InChI=1S/C10H4Cl3N3/c11-5-3-7-8(4-6(5)12)16-2-1-14-10(16)9(13)15-7/h1-4H. The lowest BCUT2D eigenvalue weighted by Crippen LogP contribution is -1.92. The molecule has 3 rings (SSSR count). The van der Waals surface area contributed by atoms with Crippen molar-refractivity contribution >= 4 is 51.5 Å². The predicted molar refractivity (Wildman–Crippen MR) is 65.5 cm³/mol. The van der Waals surface area contributed by atoms with Crippen molar-refractivity contribution in [2.24, 2.45) is 0 Å². The molecule has 0 bridgehead atoms. The molecule has 6 heteroatoms. The summed E-state index contributed by atoms with van der Waals surface area (Å²) in [6, 6.07) is 3.43. The van der Waals surface area contributed by atoms with Gasteiger partial charge in [-0.1, -0.05) is 34.8 Å². The fourth-order valence-electron chi connectivity index (χ4n) is 1.61. The normalized spacial score (nSPS) is 11.4. The van der Waals surface area contributed by atoms with Crippen LogP contribution in [0.2, 0.25) is 15.2 Å². The Morgan fingerprint density at radius 2 is 1.81 bits per heavy atom. The number of nitrogens with zero attached hydrogens (tertiary/aromatic N) is 3. The first kappa shape index (κ1) is 10.1. The molecule has 80 valence electrons. The van der Waals surface area contributed by atoms with E-state index in [4.69, 9.17) is 34.8 Å². The Labute approximate surface area is 106 Å². The molecular formula is C10H4Cl3N3. The van der Waals surface area contributed by atoms with Gasteiger partial charge in [0, 0.05) is 12.4 Å². The van der Waals surface area contributed by atoms with Gasteiger partial charge >= 0.3 is 0 Å². The molecule has 0 saturated carbocycles. The minimum Gasteiger partial charge on any atom is -0.295 e. The minimum absolute atomic E-state index is 0.343. The van der Waals surface area contributed by atoms with Crippen molar-refractivity contribution in [1.29, 1.82) is 0 Å². The molecular weight excluding hydrogens is 268 g/mol. The minimum atomic E-state index is 0.343. The fourth-order valence-corrected chi connectivity index (χ4v) is 2.16. The highest BCUT2D eigenvalue weighted by Gasteiger charge is 2.09. The summed E-state index contributed by atoms with van der Waals surface area (Å²) < 4.78 is 1.83. The van der Waals surface area contributed by atoms with Gasteiger partial charge in [0.15, 0.2) is 10.8 Å². The lowest BCUT2D eigenvalue weighted by atomic mass is 10.3. The van der Waals surface area contributed by atoms with Crippen LogP contribution in [0.25, 0.3) is 16.7 Å². The van der Waals surface area contributed by atoms with Gasteiger partial charge in [0.25, 0.3) is 0 Å². The van der Waals surface area contributed by atoms with Crippen molar-refractivity contribution < 1.29 is 0 Å². The van der Waals surface area contributed by atoms with Gasteiger partial charge in [-0.05, 0) is 12.1 Å². The van der Waals surface area contributed by atoms with Crippen molar-refractivity contribution in [3.05, 3.63) is 39.7 Å². The molecule has 0 aliphatic rings. The first-order valence-electron chi connectivity index (χ1n) is 4.44. The monoisotopic (exact) mass is 271 g/mol. The molecule has 0 saturated heterocycles. The molecule has 0 spiro atoms. The van der Waals surface area contributed by atoms with Crippen molar-refractivity contribution in [3.8, 4) is 0 Å². The lowest BCUT2D eigenvalue weighted by Gasteiger charge is -2.04. The number of hydrogen-bond donors (Lipinski definition) is 0. The van der Waals surface area contributed by atoms with Gasteiger partial charge in [0.1, 0.15) is 0 Å². The van der Waals surface area contributed by atoms with Crippen LogP contribution in [0, 0.1) is 0 Å². The van der Waals surface area contributed by atoms with Gasteiger partial charge in [-0.3, -0.25) is 4.40 Å². The molecule has 0 amide bonds. The smallest absolute Gasteiger partial charge is 0.175 e. The van der Waals surface area contributed by atoms with Gasteiger partial charge in [-0.25, -0.2) is 9.97 Å². The summed E-state index contributed by atoms with van der Waals surface area (Å²) in [6.45, 7) is 0. The largest absolute Gasteiger partial charge is 0.295 e. The van der Waals surface area contributed by atoms with E-state index in [2.05, 4.69) is 9.97 Å². The SMILES string of the molecule is Clc1cc2nc(Cl)c3nccn3c2cc1Cl. The summed E-state index contributed by atoms with van der Waals surface area (Å²) >= 11 is 17.9. The highest BCUT2D eigenvalue weighted by Crippen LogP contribution is 2.28. The van der Waals surface area contributed by atoms with E-state index in [9.17, 15) is 0 Å². The maximum Gasteiger partial charge on any atom is 0.175 e. The molecule has 2 heterocycles. The van der Waals surface area contributed by atoms with Crippen LogP contribution >= 0.6 is 34.8 Å². The summed E-state index contributed by atoms with van der Waals surface area (Å²) in [6.07, 6.45) is 3.46. The molecule has 0 fully saturated rings. The molecule has 16 heavy (non-hydrogen) atoms. The average molecular weight is 273 g/mol. The fraction of sp³-hybridized carbons (Fsp3) is 0. The van der Waals surface area contributed by atoms with Crippen LogP contribution in [0.4, 0.5) is 0 Å². The van der Waals surface area contributed by atoms with Crippen LogP contribution in [-0.4, -0.2) is 14.4 Å². The molecule has 0 atom stereocenters. The first-order chi connectivity index (χ1) is 7.66. The van der Waals surface area contributed by atoms with Crippen LogP contribution in [0.1, 0.15) is 0 Å². The Hall–Kier alpha value is -1.03. The first-order valence-corrected chi connectivity index (χ1v) is 5.57. The van der Waals surface area contributed by atoms with Crippen LogP contribution in [0.3, 0.4) is 0 Å². The zero-order valence-electron chi connectivity index (χ0n) is 7.78. The van der Waals surface area contributed by atoms with E-state index in [-0.39, 0.29) is 0 Å². The topological polar surface area (TPSA) is 30.2 Å². The number of imidazole rings is 1. The van der Waals surface area contributed by atoms with Crippen LogP contribution in [0.15, 0.2) is 24.5 Å². The molecule has 0 aliphatic carbocycles. The second-order valence-corrected chi connectivity index (χ2v) is 4.45.